The summed E-state index contributed by atoms with van der Waals surface area (Å²) in [5.74, 6) is 0.819. The van der Waals surface area contributed by atoms with Gasteiger partial charge in [-0.2, -0.15) is 0 Å². The zero-order valence-electron chi connectivity index (χ0n) is 14.9. The zero-order chi connectivity index (χ0) is 17.7. The highest BCUT2D eigenvalue weighted by molar-refractivity contribution is 6.30. The lowest BCUT2D eigenvalue weighted by Crippen LogP contribution is -2.51. The van der Waals surface area contributed by atoms with Crippen molar-refractivity contribution in [2.45, 2.75) is 39.4 Å². The minimum atomic E-state index is -0.449. The number of carbonyl (C=O) groups is 1. The summed E-state index contributed by atoms with van der Waals surface area (Å²) in [4.78, 5) is 16.1. The summed E-state index contributed by atoms with van der Waals surface area (Å²) in [7, 11) is 0. The van der Waals surface area contributed by atoms with Gasteiger partial charge < -0.3 is 14.4 Å². The standard InChI is InChI=1S/C18H27ClN2O3/c1-14(23-16-7-5-15(19)6-8-16)13-20-9-11-21(12-10-20)17(22)24-18(2,3)4/h5-8,14H,9-13H2,1-4H3/t14-/m1/s1. The van der Waals surface area contributed by atoms with Gasteiger partial charge in [-0.15, -0.1) is 0 Å². The molecular weight excluding hydrogens is 328 g/mol. The Kier molecular flexibility index (Phi) is 6.35. The van der Waals surface area contributed by atoms with Crippen molar-refractivity contribution in [1.82, 2.24) is 9.80 Å². The lowest BCUT2D eigenvalue weighted by molar-refractivity contribution is 0.0118. The van der Waals surface area contributed by atoms with E-state index in [4.69, 9.17) is 21.1 Å². The Morgan fingerprint density at radius 3 is 2.29 bits per heavy atom. The summed E-state index contributed by atoms with van der Waals surface area (Å²) in [5.41, 5.74) is -0.449. The molecular formula is C18H27ClN2O3. The van der Waals surface area contributed by atoms with Crippen molar-refractivity contribution in [3.8, 4) is 5.75 Å². The molecule has 0 bridgehead atoms. The van der Waals surface area contributed by atoms with Crippen LogP contribution < -0.4 is 4.74 Å². The molecule has 6 heteroatoms. The zero-order valence-corrected chi connectivity index (χ0v) is 15.7. The van der Waals surface area contributed by atoms with Crippen molar-refractivity contribution in [2.75, 3.05) is 32.7 Å². The second kappa shape index (κ2) is 8.08. The normalized spacial score (nSPS) is 17.5. The molecule has 1 aromatic rings. The number of hydrogen-bond donors (Lipinski definition) is 0. The predicted octanol–water partition coefficient (Wildman–Crippen LogP) is 3.66. The number of carbonyl (C=O) groups excluding carboxylic acids is 1. The van der Waals surface area contributed by atoms with Gasteiger partial charge in [-0.1, -0.05) is 11.6 Å². The fraction of sp³-hybridized carbons (Fsp3) is 0.611. The first-order chi connectivity index (χ1) is 11.2. The molecule has 0 spiro atoms. The summed E-state index contributed by atoms with van der Waals surface area (Å²) >= 11 is 5.88. The Morgan fingerprint density at radius 1 is 1.17 bits per heavy atom. The number of hydrogen-bond acceptors (Lipinski definition) is 4. The average Bonchev–Trinajstić information content (AvgIpc) is 2.48. The monoisotopic (exact) mass is 354 g/mol. The minimum Gasteiger partial charge on any atom is -0.489 e. The topological polar surface area (TPSA) is 42.0 Å². The van der Waals surface area contributed by atoms with Crippen molar-refractivity contribution >= 4 is 17.7 Å². The Morgan fingerprint density at radius 2 is 1.75 bits per heavy atom. The van der Waals surface area contributed by atoms with Crippen molar-refractivity contribution < 1.29 is 14.3 Å². The molecule has 1 heterocycles. The van der Waals surface area contributed by atoms with Crippen molar-refractivity contribution in [2.24, 2.45) is 0 Å². The molecule has 1 fully saturated rings. The molecule has 1 aromatic carbocycles. The van der Waals surface area contributed by atoms with E-state index in [2.05, 4.69) is 11.8 Å². The average molecular weight is 355 g/mol. The summed E-state index contributed by atoms with van der Waals surface area (Å²) in [6, 6.07) is 7.39. The molecule has 1 saturated heterocycles. The van der Waals surface area contributed by atoms with E-state index in [1.807, 2.05) is 45.0 Å². The molecule has 0 saturated carbocycles. The third-order valence-corrected chi connectivity index (χ3v) is 3.94. The number of amides is 1. The Labute approximate surface area is 149 Å². The molecule has 0 radical (unpaired) electrons. The number of halogens is 1. The SMILES string of the molecule is C[C@H](CN1CCN(C(=O)OC(C)(C)C)CC1)Oc1ccc(Cl)cc1. The molecule has 5 nitrogen and oxygen atoms in total. The van der Waals surface area contributed by atoms with Crippen LogP contribution >= 0.6 is 11.6 Å². The minimum absolute atomic E-state index is 0.0688. The number of rotatable bonds is 4. The van der Waals surface area contributed by atoms with E-state index in [1.165, 1.54) is 0 Å². The summed E-state index contributed by atoms with van der Waals surface area (Å²) < 4.78 is 11.3. The van der Waals surface area contributed by atoms with Gasteiger partial charge >= 0.3 is 6.09 Å². The first kappa shape index (κ1) is 18.9. The summed E-state index contributed by atoms with van der Waals surface area (Å²) in [6.07, 6.45) is -0.160. The number of ether oxygens (including phenoxy) is 2. The maximum atomic E-state index is 12.1. The second-order valence-electron chi connectivity index (χ2n) is 7.15. The fourth-order valence-electron chi connectivity index (χ4n) is 2.59. The van der Waals surface area contributed by atoms with Gasteiger partial charge in [0.05, 0.1) is 0 Å². The highest BCUT2D eigenvalue weighted by Crippen LogP contribution is 2.17. The van der Waals surface area contributed by atoms with E-state index in [0.29, 0.717) is 18.1 Å². The third kappa shape index (κ3) is 6.21. The van der Waals surface area contributed by atoms with Crippen LogP contribution in [0.3, 0.4) is 0 Å². The van der Waals surface area contributed by atoms with Crippen LogP contribution in [0.25, 0.3) is 0 Å². The lowest BCUT2D eigenvalue weighted by atomic mass is 10.2. The quantitative estimate of drug-likeness (QED) is 0.827. The van der Waals surface area contributed by atoms with Gasteiger partial charge in [-0.3, -0.25) is 4.90 Å². The highest BCUT2D eigenvalue weighted by Gasteiger charge is 2.26. The van der Waals surface area contributed by atoms with Gasteiger partial charge in [0.15, 0.2) is 0 Å². The van der Waals surface area contributed by atoms with Gasteiger partial charge in [-0.25, -0.2) is 4.79 Å². The third-order valence-electron chi connectivity index (χ3n) is 3.69. The predicted molar refractivity (Wildman–Crippen MR) is 95.8 cm³/mol. The van der Waals surface area contributed by atoms with E-state index in [1.54, 1.807) is 4.90 Å². The van der Waals surface area contributed by atoms with E-state index in [9.17, 15) is 4.79 Å². The molecule has 1 amide bonds. The van der Waals surface area contributed by atoms with Crippen LogP contribution in [0.15, 0.2) is 24.3 Å². The Bertz CT molecular complexity index is 534. The van der Waals surface area contributed by atoms with Crippen molar-refractivity contribution in [3.63, 3.8) is 0 Å². The molecule has 0 aliphatic carbocycles. The van der Waals surface area contributed by atoms with Crippen molar-refractivity contribution in [1.29, 1.82) is 0 Å². The molecule has 1 aliphatic heterocycles. The van der Waals surface area contributed by atoms with Crippen molar-refractivity contribution in [3.05, 3.63) is 29.3 Å². The van der Waals surface area contributed by atoms with Gasteiger partial charge in [-0.05, 0) is 52.0 Å². The maximum absolute atomic E-state index is 12.1. The Hall–Kier alpha value is -1.46. The van der Waals surface area contributed by atoms with E-state index in [-0.39, 0.29) is 12.2 Å². The summed E-state index contributed by atoms with van der Waals surface area (Å²) in [5, 5.41) is 0.702. The van der Waals surface area contributed by atoms with Crippen LogP contribution in [0.4, 0.5) is 4.79 Å². The summed E-state index contributed by atoms with van der Waals surface area (Å²) in [6.45, 7) is 11.6. The van der Waals surface area contributed by atoms with Gasteiger partial charge in [0.1, 0.15) is 17.5 Å². The Balaban J connectivity index is 1.74. The van der Waals surface area contributed by atoms with Crippen LogP contribution in [0.1, 0.15) is 27.7 Å². The molecule has 134 valence electrons. The van der Waals surface area contributed by atoms with E-state index in [0.717, 1.165) is 25.4 Å². The highest BCUT2D eigenvalue weighted by atomic mass is 35.5. The largest absolute Gasteiger partial charge is 0.489 e. The smallest absolute Gasteiger partial charge is 0.410 e. The van der Waals surface area contributed by atoms with E-state index >= 15 is 0 Å². The number of nitrogens with zero attached hydrogens (tertiary/aromatic N) is 2. The molecule has 2 rings (SSSR count). The van der Waals surface area contributed by atoms with Gasteiger partial charge in [0.2, 0.25) is 0 Å². The molecule has 1 atom stereocenters. The van der Waals surface area contributed by atoms with Crippen LogP contribution in [0.5, 0.6) is 5.75 Å². The maximum Gasteiger partial charge on any atom is 0.410 e. The molecule has 0 N–H and O–H groups in total. The molecule has 0 aromatic heterocycles. The van der Waals surface area contributed by atoms with Crippen LogP contribution in [0.2, 0.25) is 5.02 Å². The molecule has 24 heavy (non-hydrogen) atoms. The van der Waals surface area contributed by atoms with Gasteiger partial charge in [0.25, 0.3) is 0 Å². The van der Waals surface area contributed by atoms with Crippen LogP contribution in [0, 0.1) is 0 Å². The fourth-order valence-corrected chi connectivity index (χ4v) is 2.71. The number of piperazine rings is 1. The first-order valence-corrected chi connectivity index (χ1v) is 8.73. The van der Waals surface area contributed by atoms with Gasteiger partial charge in [0, 0.05) is 37.7 Å². The van der Waals surface area contributed by atoms with Crippen LogP contribution in [-0.4, -0.2) is 60.3 Å². The molecule has 0 unspecified atom stereocenters. The van der Waals surface area contributed by atoms with E-state index < -0.39 is 5.60 Å². The van der Waals surface area contributed by atoms with Crippen LogP contribution in [-0.2, 0) is 4.74 Å². The second-order valence-corrected chi connectivity index (χ2v) is 7.59. The molecule has 1 aliphatic rings. The lowest BCUT2D eigenvalue weighted by Gasteiger charge is -2.36. The first-order valence-electron chi connectivity index (χ1n) is 8.35. The number of benzene rings is 1.